The fraction of sp³-hybridized carbons (Fsp3) is 0.278. The van der Waals surface area contributed by atoms with E-state index in [1.165, 1.54) is 12.1 Å². The Morgan fingerprint density at radius 2 is 1.81 bits per heavy atom. The number of nitro groups is 2. The van der Waals surface area contributed by atoms with Gasteiger partial charge in [-0.25, -0.2) is 0 Å². The van der Waals surface area contributed by atoms with Crippen LogP contribution >= 0.6 is 0 Å². The molecule has 0 bridgehead atoms. The van der Waals surface area contributed by atoms with Crippen molar-refractivity contribution < 1.29 is 14.6 Å². The van der Waals surface area contributed by atoms with Crippen LogP contribution in [0.4, 0.5) is 17.1 Å². The lowest BCUT2D eigenvalue weighted by atomic mass is 10.1. The minimum absolute atomic E-state index is 0.0983. The van der Waals surface area contributed by atoms with Crippen molar-refractivity contribution in [3.63, 3.8) is 0 Å². The third kappa shape index (κ3) is 4.02. The summed E-state index contributed by atoms with van der Waals surface area (Å²) >= 11 is 0. The number of carbonyl (C=O) groups is 1. The Hall–Kier alpha value is -3.49. The fourth-order valence-corrected chi connectivity index (χ4v) is 3.04. The van der Waals surface area contributed by atoms with Crippen LogP contribution < -0.4 is 5.32 Å². The summed E-state index contributed by atoms with van der Waals surface area (Å²) in [5.41, 5.74) is 1.45. The Bertz CT molecular complexity index is 897. The zero-order valence-electron chi connectivity index (χ0n) is 14.6. The highest BCUT2D eigenvalue weighted by Gasteiger charge is 2.33. The molecule has 3 rings (SSSR count). The number of benzene rings is 2. The van der Waals surface area contributed by atoms with E-state index in [-0.39, 0.29) is 17.3 Å². The number of anilines is 1. The highest BCUT2D eigenvalue weighted by molar-refractivity contribution is 5.87. The number of likely N-dealkylation sites (tertiary alicyclic amines) is 1. The molecule has 1 saturated heterocycles. The molecule has 2 aromatic rings. The lowest BCUT2D eigenvalue weighted by molar-refractivity contribution is -0.393. The molecule has 0 aromatic heterocycles. The Balaban J connectivity index is 1.73. The molecule has 27 heavy (non-hydrogen) atoms. The van der Waals surface area contributed by atoms with Crippen LogP contribution in [-0.2, 0) is 11.3 Å². The smallest absolute Gasteiger partial charge is 0.299 e. The molecular formula is C18H18N4O5. The van der Waals surface area contributed by atoms with Gasteiger partial charge in [-0.1, -0.05) is 29.8 Å². The highest BCUT2D eigenvalue weighted by atomic mass is 16.6. The van der Waals surface area contributed by atoms with Gasteiger partial charge in [-0.15, -0.1) is 0 Å². The summed E-state index contributed by atoms with van der Waals surface area (Å²) in [6.07, 6.45) is 0.499. The zero-order valence-corrected chi connectivity index (χ0v) is 14.6. The number of rotatable bonds is 6. The van der Waals surface area contributed by atoms with Crippen molar-refractivity contribution >= 4 is 23.0 Å². The van der Waals surface area contributed by atoms with Crippen LogP contribution in [0.3, 0.4) is 0 Å². The number of hydrogen-bond donors (Lipinski definition) is 1. The van der Waals surface area contributed by atoms with Crippen molar-refractivity contribution in [1.29, 1.82) is 0 Å². The maximum absolute atomic E-state index is 12.6. The van der Waals surface area contributed by atoms with Gasteiger partial charge >= 0.3 is 0 Å². The van der Waals surface area contributed by atoms with Gasteiger partial charge in [0.1, 0.15) is 11.7 Å². The molecule has 1 atom stereocenters. The van der Waals surface area contributed by atoms with Gasteiger partial charge in [-0.3, -0.25) is 25.0 Å². The van der Waals surface area contributed by atoms with Crippen molar-refractivity contribution in [2.24, 2.45) is 0 Å². The first kappa shape index (κ1) is 18.3. The van der Waals surface area contributed by atoms with Gasteiger partial charge in [0.15, 0.2) is 0 Å². The third-order valence-electron chi connectivity index (χ3n) is 4.51. The third-order valence-corrected chi connectivity index (χ3v) is 4.51. The average Bonchev–Trinajstić information content (AvgIpc) is 2.97. The molecule has 1 heterocycles. The van der Waals surface area contributed by atoms with E-state index in [4.69, 9.17) is 0 Å². The fourth-order valence-electron chi connectivity index (χ4n) is 3.04. The topological polar surface area (TPSA) is 119 Å². The predicted octanol–water partition coefficient (Wildman–Crippen LogP) is 3.02. The van der Waals surface area contributed by atoms with Crippen LogP contribution in [0.15, 0.2) is 42.5 Å². The van der Waals surface area contributed by atoms with Crippen LogP contribution in [0.2, 0.25) is 0 Å². The Morgan fingerprint density at radius 3 is 2.44 bits per heavy atom. The molecule has 0 aliphatic carbocycles. The van der Waals surface area contributed by atoms with Crippen molar-refractivity contribution in [2.75, 3.05) is 11.9 Å². The molecule has 2 aromatic carbocycles. The first-order valence-corrected chi connectivity index (χ1v) is 8.39. The first-order chi connectivity index (χ1) is 12.8. The molecule has 9 nitrogen and oxygen atoms in total. The Kier molecular flexibility index (Phi) is 5.02. The molecule has 1 amide bonds. The van der Waals surface area contributed by atoms with Crippen molar-refractivity contribution in [3.8, 4) is 0 Å². The largest absolute Gasteiger partial charge is 0.368 e. The molecule has 0 saturated carbocycles. The van der Waals surface area contributed by atoms with Crippen molar-refractivity contribution in [1.82, 2.24) is 4.90 Å². The summed E-state index contributed by atoms with van der Waals surface area (Å²) in [7, 11) is 0. The van der Waals surface area contributed by atoms with Crippen LogP contribution in [0, 0.1) is 27.2 Å². The number of non-ortho nitro benzene ring substituents is 1. The number of carbonyl (C=O) groups excluding carboxylic acids is 1. The second-order valence-corrected chi connectivity index (χ2v) is 6.45. The van der Waals surface area contributed by atoms with Gasteiger partial charge in [-0.2, -0.15) is 0 Å². The van der Waals surface area contributed by atoms with Gasteiger partial charge in [0.25, 0.3) is 11.4 Å². The number of nitrogens with zero attached hydrogens (tertiary/aromatic N) is 3. The number of nitrogens with one attached hydrogen (secondary N) is 1. The van der Waals surface area contributed by atoms with E-state index in [1.807, 2.05) is 31.2 Å². The second-order valence-electron chi connectivity index (χ2n) is 6.45. The standard InChI is InChI=1S/C18H18N4O5/c1-12-2-4-13(5-3-12)11-20-9-8-16(18(20)23)19-15-7-6-14(21(24)25)10-17(15)22(26)27/h2-7,10,16,19H,8-9,11H2,1H3. The minimum atomic E-state index is -0.696. The van der Waals surface area contributed by atoms with Gasteiger partial charge in [0.2, 0.25) is 5.91 Å². The van der Waals surface area contributed by atoms with E-state index >= 15 is 0 Å². The van der Waals surface area contributed by atoms with E-state index in [0.717, 1.165) is 17.2 Å². The van der Waals surface area contributed by atoms with Gasteiger partial charge in [-0.05, 0) is 25.0 Å². The maximum Gasteiger partial charge on any atom is 0.299 e. The monoisotopic (exact) mass is 370 g/mol. The molecule has 9 heteroatoms. The van der Waals surface area contributed by atoms with E-state index in [1.54, 1.807) is 4.90 Å². The van der Waals surface area contributed by atoms with E-state index < -0.39 is 21.6 Å². The van der Waals surface area contributed by atoms with E-state index in [9.17, 15) is 25.0 Å². The minimum Gasteiger partial charge on any atom is -0.368 e. The molecule has 1 fully saturated rings. The number of aryl methyl sites for hydroxylation is 1. The van der Waals surface area contributed by atoms with Crippen LogP contribution in [-0.4, -0.2) is 33.2 Å². The van der Waals surface area contributed by atoms with Gasteiger partial charge in [0.05, 0.1) is 15.9 Å². The normalized spacial score (nSPS) is 16.4. The molecular weight excluding hydrogens is 352 g/mol. The summed E-state index contributed by atoms with van der Waals surface area (Å²) in [4.78, 5) is 35.0. The maximum atomic E-state index is 12.6. The molecule has 1 aliphatic heterocycles. The van der Waals surface area contributed by atoms with Crippen LogP contribution in [0.5, 0.6) is 0 Å². The highest BCUT2D eigenvalue weighted by Crippen LogP contribution is 2.31. The van der Waals surface area contributed by atoms with Crippen LogP contribution in [0.25, 0.3) is 0 Å². The van der Waals surface area contributed by atoms with E-state index in [0.29, 0.717) is 19.5 Å². The molecule has 1 N–H and O–H groups in total. The lowest BCUT2D eigenvalue weighted by Gasteiger charge is -2.18. The summed E-state index contributed by atoms with van der Waals surface area (Å²) in [5, 5.41) is 24.9. The van der Waals surface area contributed by atoms with Crippen LogP contribution in [0.1, 0.15) is 17.5 Å². The zero-order chi connectivity index (χ0) is 19.6. The molecule has 1 unspecified atom stereocenters. The number of nitro benzene ring substituents is 2. The summed E-state index contributed by atoms with van der Waals surface area (Å²) in [5.74, 6) is -0.150. The average molecular weight is 370 g/mol. The Labute approximate surface area is 154 Å². The van der Waals surface area contributed by atoms with E-state index in [2.05, 4.69) is 5.32 Å². The SMILES string of the molecule is Cc1ccc(CN2CCC(Nc3ccc([N+](=O)[O-])cc3[N+](=O)[O-])C2=O)cc1. The van der Waals surface area contributed by atoms with Crippen molar-refractivity contribution in [2.45, 2.75) is 25.9 Å². The van der Waals surface area contributed by atoms with Crippen molar-refractivity contribution in [3.05, 3.63) is 73.8 Å². The summed E-state index contributed by atoms with van der Waals surface area (Å²) in [6.45, 7) is 2.99. The van der Waals surface area contributed by atoms with Gasteiger partial charge in [0, 0.05) is 19.2 Å². The summed E-state index contributed by atoms with van der Waals surface area (Å²) in [6, 6.07) is 10.6. The number of amides is 1. The second kappa shape index (κ2) is 7.40. The summed E-state index contributed by atoms with van der Waals surface area (Å²) < 4.78 is 0. The first-order valence-electron chi connectivity index (χ1n) is 8.39. The lowest BCUT2D eigenvalue weighted by Crippen LogP contribution is -2.33. The molecule has 1 aliphatic rings. The number of hydrogen-bond acceptors (Lipinski definition) is 6. The van der Waals surface area contributed by atoms with Gasteiger partial charge < -0.3 is 10.2 Å². The molecule has 0 radical (unpaired) electrons. The quantitative estimate of drug-likeness (QED) is 0.617. The predicted molar refractivity (Wildman–Crippen MR) is 98.4 cm³/mol. The molecule has 140 valence electrons. The Morgan fingerprint density at radius 1 is 1.11 bits per heavy atom. The molecule has 0 spiro atoms.